The van der Waals surface area contributed by atoms with Crippen LogP contribution in [0.15, 0.2) is 42.5 Å². The number of aliphatic hydroxyl groups is 1. The fourth-order valence-corrected chi connectivity index (χ4v) is 2.66. The minimum atomic E-state index is -0.837. The number of hydrogen-bond acceptors (Lipinski definition) is 4. The second kappa shape index (κ2) is 6.10. The summed E-state index contributed by atoms with van der Waals surface area (Å²) in [4.78, 5) is 25.4. The Kier molecular flexibility index (Phi) is 4.43. The molecule has 0 saturated carbocycles. The molecule has 1 aliphatic heterocycles. The Morgan fingerprint density at radius 3 is 2.57 bits per heavy atom. The summed E-state index contributed by atoms with van der Waals surface area (Å²) in [6, 6.07) is 8.95. The van der Waals surface area contributed by atoms with Crippen LogP contribution in [0.2, 0.25) is 0 Å². The van der Waals surface area contributed by atoms with Crippen LogP contribution in [-0.2, 0) is 20.9 Å². The predicted molar refractivity (Wildman–Crippen MR) is 77.1 cm³/mol. The van der Waals surface area contributed by atoms with Crippen molar-refractivity contribution in [2.24, 2.45) is 5.92 Å². The van der Waals surface area contributed by atoms with E-state index >= 15 is 0 Å². The Labute approximate surface area is 123 Å². The number of ether oxygens (including phenoxy) is 1. The molecule has 5 heteroatoms. The average Bonchev–Trinajstić information content (AvgIpc) is 2.48. The van der Waals surface area contributed by atoms with Gasteiger partial charge in [0.2, 0.25) is 5.91 Å². The minimum Gasteiger partial charge on any atom is -0.466 e. The van der Waals surface area contributed by atoms with Gasteiger partial charge in [-0.15, -0.1) is 0 Å². The molecule has 2 rings (SSSR count). The molecule has 0 spiro atoms. The maximum atomic E-state index is 12.2. The third-order valence-corrected chi connectivity index (χ3v) is 3.76. The van der Waals surface area contributed by atoms with Crippen molar-refractivity contribution in [2.75, 3.05) is 7.11 Å². The topological polar surface area (TPSA) is 66.8 Å². The van der Waals surface area contributed by atoms with Gasteiger partial charge in [0.25, 0.3) is 0 Å². The van der Waals surface area contributed by atoms with Crippen LogP contribution >= 0.6 is 0 Å². The normalized spacial score (nSPS) is 22.4. The molecule has 1 aromatic carbocycles. The van der Waals surface area contributed by atoms with E-state index in [1.807, 2.05) is 30.3 Å². The SMILES string of the molecule is C=C(C(=O)OC)C1C(C(C)O)C(=O)N1Cc1ccccc1. The van der Waals surface area contributed by atoms with Gasteiger partial charge in [-0.1, -0.05) is 36.9 Å². The van der Waals surface area contributed by atoms with Crippen molar-refractivity contribution in [1.29, 1.82) is 0 Å². The molecule has 1 N–H and O–H groups in total. The quantitative estimate of drug-likeness (QED) is 0.501. The van der Waals surface area contributed by atoms with Gasteiger partial charge in [-0.25, -0.2) is 4.79 Å². The second-order valence-corrected chi connectivity index (χ2v) is 5.18. The summed E-state index contributed by atoms with van der Waals surface area (Å²) in [6.07, 6.45) is -0.837. The van der Waals surface area contributed by atoms with Crippen LogP contribution in [0, 0.1) is 5.92 Å². The number of carbonyl (C=O) groups excluding carboxylic acids is 2. The smallest absolute Gasteiger partial charge is 0.335 e. The Bertz CT molecular complexity index is 553. The van der Waals surface area contributed by atoms with Gasteiger partial charge in [-0.3, -0.25) is 4.79 Å². The van der Waals surface area contributed by atoms with Crippen LogP contribution < -0.4 is 0 Å². The first-order valence-electron chi connectivity index (χ1n) is 6.77. The number of likely N-dealkylation sites (tertiary alicyclic amines) is 1. The first-order valence-corrected chi connectivity index (χ1v) is 6.77. The molecule has 21 heavy (non-hydrogen) atoms. The molecule has 1 heterocycles. The molecule has 1 aliphatic rings. The molecule has 1 saturated heterocycles. The molecule has 0 radical (unpaired) electrons. The highest BCUT2D eigenvalue weighted by Crippen LogP contribution is 2.35. The van der Waals surface area contributed by atoms with Crippen LogP contribution in [0.3, 0.4) is 0 Å². The summed E-state index contributed by atoms with van der Waals surface area (Å²) in [7, 11) is 1.27. The molecule has 1 aromatic rings. The molecule has 3 unspecified atom stereocenters. The highest BCUT2D eigenvalue weighted by Gasteiger charge is 2.52. The molecule has 5 nitrogen and oxygen atoms in total. The second-order valence-electron chi connectivity index (χ2n) is 5.18. The average molecular weight is 289 g/mol. The lowest BCUT2D eigenvalue weighted by Crippen LogP contribution is -2.64. The van der Waals surface area contributed by atoms with Gasteiger partial charge in [0, 0.05) is 6.54 Å². The number of carbonyl (C=O) groups is 2. The van der Waals surface area contributed by atoms with Crippen LogP contribution in [0.25, 0.3) is 0 Å². The fraction of sp³-hybridized carbons (Fsp3) is 0.375. The number of methoxy groups -OCH3 is 1. The number of aliphatic hydroxyl groups excluding tert-OH is 1. The molecular formula is C16H19NO4. The van der Waals surface area contributed by atoms with Crippen molar-refractivity contribution in [1.82, 2.24) is 4.90 Å². The van der Waals surface area contributed by atoms with E-state index in [0.29, 0.717) is 6.54 Å². The van der Waals surface area contributed by atoms with Crippen molar-refractivity contribution in [2.45, 2.75) is 25.6 Å². The maximum Gasteiger partial charge on any atom is 0.335 e. The van der Waals surface area contributed by atoms with Gasteiger partial charge < -0.3 is 14.7 Å². The summed E-state index contributed by atoms with van der Waals surface area (Å²) in [5.41, 5.74) is 1.15. The Hall–Kier alpha value is -2.14. The third kappa shape index (κ3) is 2.83. The molecular weight excluding hydrogens is 270 g/mol. The highest BCUT2D eigenvalue weighted by molar-refractivity contribution is 5.96. The Morgan fingerprint density at radius 1 is 1.43 bits per heavy atom. The predicted octanol–water partition coefficient (Wildman–Crippen LogP) is 1.12. The number of nitrogens with zero attached hydrogens (tertiary/aromatic N) is 1. The number of esters is 1. The zero-order chi connectivity index (χ0) is 15.6. The van der Waals surface area contributed by atoms with Crippen LogP contribution in [0.4, 0.5) is 0 Å². The van der Waals surface area contributed by atoms with E-state index in [4.69, 9.17) is 0 Å². The number of rotatable bonds is 5. The summed E-state index contributed by atoms with van der Waals surface area (Å²) < 4.78 is 4.67. The van der Waals surface area contributed by atoms with Crippen LogP contribution in [0.1, 0.15) is 12.5 Å². The summed E-state index contributed by atoms with van der Waals surface area (Å²) in [5.74, 6) is -1.37. The zero-order valence-corrected chi connectivity index (χ0v) is 12.2. The lowest BCUT2D eigenvalue weighted by atomic mass is 9.79. The highest BCUT2D eigenvalue weighted by atomic mass is 16.5. The molecule has 0 aromatic heterocycles. The summed E-state index contributed by atoms with van der Waals surface area (Å²) in [5, 5.41) is 9.76. The van der Waals surface area contributed by atoms with Crippen LogP contribution in [0.5, 0.6) is 0 Å². The Balaban J connectivity index is 2.21. The number of benzene rings is 1. The van der Waals surface area contributed by atoms with E-state index in [-0.39, 0.29) is 11.5 Å². The van der Waals surface area contributed by atoms with Gasteiger partial charge >= 0.3 is 5.97 Å². The molecule has 1 fully saturated rings. The number of amides is 1. The first-order chi connectivity index (χ1) is 9.97. The van der Waals surface area contributed by atoms with Gasteiger partial charge in [-0.05, 0) is 12.5 Å². The van der Waals surface area contributed by atoms with Gasteiger partial charge in [0.15, 0.2) is 0 Å². The molecule has 112 valence electrons. The van der Waals surface area contributed by atoms with Crippen molar-refractivity contribution >= 4 is 11.9 Å². The fourth-order valence-electron chi connectivity index (χ4n) is 2.66. The molecule has 3 atom stereocenters. The first kappa shape index (κ1) is 15.3. The largest absolute Gasteiger partial charge is 0.466 e. The summed E-state index contributed by atoms with van der Waals surface area (Å²) >= 11 is 0. The van der Waals surface area contributed by atoms with E-state index in [9.17, 15) is 14.7 Å². The van der Waals surface area contributed by atoms with E-state index in [2.05, 4.69) is 11.3 Å². The lowest BCUT2D eigenvalue weighted by molar-refractivity contribution is -0.163. The summed E-state index contributed by atoms with van der Waals surface area (Å²) in [6.45, 7) is 5.65. The molecule has 0 bridgehead atoms. The maximum absolute atomic E-state index is 12.2. The number of β-lactam (4-membered cyclic amide) rings is 1. The van der Waals surface area contributed by atoms with Gasteiger partial charge in [-0.2, -0.15) is 0 Å². The van der Waals surface area contributed by atoms with Crippen molar-refractivity contribution in [3.8, 4) is 0 Å². The monoisotopic (exact) mass is 289 g/mol. The lowest BCUT2D eigenvalue weighted by Gasteiger charge is -2.48. The van der Waals surface area contributed by atoms with E-state index in [0.717, 1.165) is 5.56 Å². The van der Waals surface area contributed by atoms with Crippen molar-refractivity contribution in [3.63, 3.8) is 0 Å². The Morgan fingerprint density at radius 2 is 2.05 bits per heavy atom. The minimum absolute atomic E-state index is 0.177. The van der Waals surface area contributed by atoms with E-state index in [1.54, 1.807) is 11.8 Å². The molecule has 1 amide bonds. The van der Waals surface area contributed by atoms with Gasteiger partial charge in [0.05, 0.1) is 30.7 Å². The third-order valence-electron chi connectivity index (χ3n) is 3.76. The number of hydrogen-bond donors (Lipinski definition) is 1. The van der Waals surface area contributed by atoms with E-state index < -0.39 is 24.0 Å². The van der Waals surface area contributed by atoms with Crippen molar-refractivity contribution in [3.05, 3.63) is 48.0 Å². The van der Waals surface area contributed by atoms with Crippen LogP contribution in [-0.4, -0.2) is 41.1 Å². The standard InChI is InChI=1S/C16H19NO4/c1-10(16(20)21-3)14-13(11(2)18)15(19)17(14)9-12-7-5-4-6-8-12/h4-8,11,13-14,18H,1,9H2,2-3H3. The van der Waals surface area contributed by atoms with Crippen molar-refractivity contribution < 1.29 is 19.4 Å². The van der Waals surface area contributed by atoms with E-state index in [1.165, 1.54) is 7.11 Å². The zero-order valence-electron chi connectivity index (χ0n) is 12.2. The van der Waals surface area contributed by atoms with Gasteiger partial charge in [0.1, 0.15) is 0 Å². The molecule has 0 aliphatic carbocycles.